The van der Waals surface area contributed by atoms with Gasteiger partial charge in [-0.2, -0.15) is 0 Å². The molecule has 1 saturated heterocycles. The van der Waals surface area contributed by atoms with E-state index in [9.17, 15) is 9.90 Å². The number of benzene rings is 1. The maximum absolute atomic E-state index is 12.2. The van der Waals surface area contributed by atoms with Crippen molar-refractivity contribution in [2.24, 2.45) is 5.92 Å². The number of rotatable bonds is 8. The van der Waals surface area contributed by atoms with Gasteiger partial charge in [-0.05, 0) is 61.4 Å². The van der Waals surface area contributed by atoms with Gasteiger partial charge in [0.15, 0.2) is 0 Å². The highest BCUT2D eigenvalue weighted by Crippen LogP contribution is 2.46. The molecule has 32 heavy (non-hydrogen) atoms. The Bertz CT molecular complexity index is 938. The van der Waals surface area contributed by atoms with Gasteiger partial charge in [0, 0.05) is 32.0 Å². The molecule has 0 amide bonds. The van der Waals surface area contributed by atoms with E-state index in [-0.39, 0.29) is 0 Å². The highest BCUT2D eigenvalue weighted by molar-refractivity contribution is 6.30. The van der Waals surface area contributed by atoms with Gasteiger partial charge in [0.25, 0.3) is 0 Å². The summed E-state index contributed by atoms with van der Waals surface area (Å²) in [6, 6.07) is 10.1. The molecule has 2 aliphatic rings. The maximum atomic E-state index is 12.2. The van der Waals surface area contributed by atoms with Crippen LogP contribution in [0.4, 0.5) is 17.2 Å². The fourth-order valence-corrected chi connectivity index (χ4v) is 4.87. The van der Waals surface area contributed by atoms with E-state index in [1.54, 1.807) is 12.3 Å². The molecule has 172 valence electrons. The summed E-state index contributed by atoms with van der Waals surface area (Å²) in [5.74, 6) is 0.425. The molecule has 1 aliphatic carbocycles. The van der Waals surface area contributed by atoms with E-state index >= 15 is 0 Å². The first-order valence-electron chi connectivity index (χ1n) is 11.5. The summed E-state index contributed by atoms with van der Waals surface area (Å²) < 4.78 is 5.61. The highest BCUT2D eigenvalue weighted by atomic mass is 35.5. The number of anilines is 3. The first-order chi connectivity index (χ1) is 15.4. The summed E-state index contributed by atoms with van der Waals surface area (Å²) in [4.78, 5) is 19.0. The van der Waals surface area contributed by atoms with E-state index in [0.717, 1.165) is 56.0 Å². The number of ether oxygens (including phenoxy) is 1. The molecule has 0 radical (unpaired) electrons. The Morgan fingerprint density at radius 2 is 2.03 bits per heavy atom. The Morgan fingerprint density at radius 1 is 1.28 bits per heavy atom. The van der Waals surface area contributed by atoms with Crippen molar-refractivity contribution in [1.29, 1.82) is 0 Å². The SMILES string of the molecule is CC(C)CN(c1ccc(C2(C(=O)O)CCC2)cc1Nc1ccc(Cl)cn1)C1CCOCC1. The summed E-state index contributed by atoms with van der Waals surface area (Å²) in [6.45, 7) is 6.89. The fourth-order valence-electron chi connectivity index (χ4n) is 4.76. The molecule has 0 bridgehead atoms. The lowest BCUT2D eigenvalue weighted by Gasteiger charge is -2.41. The van der Waals surface area contributed by atoms with Crippen LogP contribution >= 0.6 is 11.6 Å². The van der Waals surface area contributed by atoms with Gasteiger partial charge >= 0.3 is 5.97 Å². The van der Waals surface area contributed by atoms with Crippen LogP contribution in [0, 0.1) is 5.92 Å². The van der Waals surface area contributed by atoms with E-state index < -0.39 is 11.4 Å². The van der Waals surface area contributed by atoms with Crippen molar-refractivity contribution < 1.29 is 14.6 Å². The van der Waals surface area contributed by atoms with Crippen LogP contribution in [0.1, 0.15) is 51.5 Å². The average Bonchev–Trinajstić information content (AvgIpc) is 2.74. The number of pyridine rings is 1. The van der Waals surface area contributed by atoms with Crippen molar-refractivity contribution >= 4 is 34.8 Å². The third-order valence-corrected chi connectivity index (χ3v) is 6.88. The molecule has 6 nitrogen and oxygen atoms in total. The zero-order valence-corrected chi connectivity index (χ0v) is 19.6. The predicted molar refractivity (Wildman–Crippen MR) is 128 cm³/mol. The van der Waals surface area contributed by atoms with E-state index in [2.05, 4.69) is 35.1 Å². The van der Waals surface area contributed by atoms with Crippen LogP contribution in [-0.2, 0) is 14.9 Å². The molecular formula is C25H32ClN3O3. The van der Waals surface area contributed by atoms with Crippen molar-refractivity contribution in [3.8, 4) is 0 Å². The molecule has 0 atom stereocenters. The van der Waals surface area contributed by atoms with Gasteiger partial charge in [0.2, 0.25) is 0 Å². The zero-order chi connectivity index (χ0) is 22.7. The van der Waals surface area contributed by atoms with E-state index in [1.807, 2.05) is 18.2 Å². The average molecular weight is 458 g/mol. The second kappa shape index (κ2) is 9.67. The number of nitrogens with zero attached hydrogens (tertiary/aromatic N) is 2. The van der Waals surface area contributed by atoms with Crippen LogP contribution in [-0.4, -0.2) is 41.9 Å². The van der Waals surface area contributed by atoms with E-state index in [1.165, 1.54) is 0 Å². The second-order valence-electron chi connectivity index (χ2n) is 9.35. The van der Waals surface area contributed by atoms with Crippen LogP contribution in [0.3, 0.4) is 0 Å². The lowest BCUT2D eigenvalue weighted by atomic mass is 9.64. The molecule has 1 saturated carbocycles. The molecule has 0 unspecified atom stereocenters. The summed E-state index contributed by atoms with van der Waals surface area (Å²) in [6.07, 6.45) is 5.86. The van der Waals surface area contributed by atoms with Crippen molar-refractivity contribution in [2.45, 2.75) is 57.4 Å². The number of aliphatic carboxylic acids is 1. The van der Waals surface area contributed by atoms with E-state index in [4.69, 9.17) is 16.3 Å². The van der Waals surface area contributed by atoms with Crippen LogP contribution in [0.5, 0.6) is 0 Å². The van der Waals surface area contributed by atoms with Gasteiger partial charge < -0.3 is 20.1 Å². The van der Waals surface area contributed by atoms with Gasteiger partial charge in [-0.25, -0.2) is 4.98 Å². The summed E-state index contributed by atoms with van der Waals surface area (Å²) >= 11 is 6.03. The zero-order valence-electron chi connectivity index (χ0n) is 18.8. The molecule has 1 aromatic heterocycles. The number of carboxylic acid groups (broad SMARTS) is 1. The van der Waals surface area contributed by atoms with Crippen molar-refractivity contribution in [2.75, 3.05) is 30.0 Å². The molecule has 7 heteroatoms. The first kappa shape index (κ1) is 22.9. The Morgan fingerprint density at radius 3 is 2.59 bits per heavy atom. The standard InChI is InChI=1S/C25H32ClN3O3/c1-17(2)16-29(20-8-12-32-13-9-20)22-6-4-18(25(24(30)31)10-3-11-25)14-21(22)28-23-7-5-19(26)15-27-23/h4-7,14-15,17,20H,3,8-13,16H2,1-2H3,(H,27,28)(H,30,31). The molecule has 2 aromatic rings. The number of carbonyl (C=O) groups is 1. The molecule has 0 spiro atoms. The molecule has 1 aliphatic heterocycles. The summed E-state index contributed by atoms with van der Waals surface area (Å²) in [7, 11) is 0. The molecule has 4 rings (SSSR count). The smallest absolute Gasteiger partial charge is 0.314 e. The van der Waals surface area contributed by atoms with Crippen molar-refractivity contribution in [3.05, 3.63) is 47.1 Å². The number of carboxylic acids is 1. The van der Waals surface area contributed by atoms with Gasteiger partial charge in [-0.15, -0.1) is 0 Å². The van der Waals surface area contributed by atoms with E-state index in [0.29, 0.717) is 35.6 Å². The Kier molecular flexibility index (Phi) is 6.91. The molecule has 1 aromatic carbocycles. The number of hydrogen-bond acceptors (Lipinski definition) is 5. The first-order valence-corrected chi connectivity index (χ1v) is 11.9. The fraction of sp³-hybridized carbons (Fsp3) is 0.520. The molecule has 2 N–H and O–H groups in total. The largest absolute Gasteiger partial charge is 0.481 e. The Hall–Kier alpha value is -2.31. The predicted octanol–water partition coefficient (Wildman–Crippen LogP) is 5.63. The number of hydrogen-bond donors (Lipinski definition) is 2. The topological polar surface area (TPSA) is 74.7 Å². The second-order valence-corrected chi connectivity index (χ2v) is 9.79. The van der Waals surface area contributed by atoms with Gasteiger partial charge in [0.05, 0.1) is 21.8 Å². The number of nitrogens with one attached hydrogen (secondary N) is 1. The minimum atomic E-state index is -0.788. The number of halogens is 1. The van der Waals surface area contributed by atoms with Crippen LogP contribution in [0.15, 0.2) is 36.5 Å². The minimum Gasteiger partial charge on any atom is -0.481 e. The third kappa shape index (κ3) is 4.71. The lowest BCUT2D eigenvalue weighted by molar-refractivity contribution is -0.147. The molecule has 2 heterocycles. The minimum absolute atomic E-state index is 0.382. The summed E-state index contributed by atoms with van der Waals surface area (Å²) in [5.41, 5.74) is 2.03. The van der Waals surface area contributed by atoms with Gasteiger partial charge in [-0.1, -0.05) is 37.9 Å². The maximum Gasteiger partial charge on any atom is 0.314 e. The van der Waals surface area contributed by atoms with Gasteiger partial charge in [0.1, 0.15) is 5.82 Å². The molecule has 2 fully saturated rings. The Balaban J connectivity index is 1.76. The van der Waals surface area contributed by atoms with Crippen LogP contribution in [0.2, 0.25) is 5.02 Å². The number of aromatic nitrogens is 1. The van der Waals surface area contributed by atoms with Crippen molar-refractivity contribution in [3.63, 3.8) is 0 Å². The quantitative estimate of drug-likeness (QED) is 0.535. The monoisotopic (exact) mass is 457 g/mol. The normalized spacial score (nSPS) is 18.2. The van der Waals surface area contributed by atoms with Gasteiger partial charge in [-0.3, -0.25) is 4.79 Å². The third-order valence-electron chi connectivity index (χ3n) is 6.66. The highest BCUT2D eigenvalue weighted by Gasteiger charge is 2.46. The lowest BCUT2D eigenvalue weighted by Crippen LogP contribution is -2.43. The molecular weight excluding hydrogens is 426 g/mol. The van der Waals surface area contributed by atoms with Crippen LogP contribution in [0.25, 0.3) is 0 Å². The van der Waals surface area contributed by atoms with Crippen molar-refractivity contribution in [1.82, 2.24) is 4.98 Å². The summed E-state index contributed by atoms with van der Waals surface area (Å²) in [5, 5.41) is 14.0. The Labute approximate surface area is 194 Å². The van der Waals surface area contributed by atoms with Crippen LogP contribution < -0.4 is 10.2 Å².